The molecule has 10 heteroatoms. The minimum absolute atomic E-state index is 0.123. The van der Waals surface area contributed by atoms with Crippen molar-refractivity contribution in [2.75, 3.05) is 7.11 Å². The van der Waals surface area contributed by atoms with Crippen LogP contribution in [0.1, 0.15) is 49.3 Å². The van der Waals surface area contributed by atoms with Crippen molar-refractivity contribution in [2.45, 2.75) is 59.3 Å². The first-order valence-corrected chi connectivity index (χ1v) is 12.7. The molecule has 39 heavy (non-hydrogen) atoms. The molecule has 0 fully saturated rings. The summed E-state index contributed by atoms with van der Waals surface area (Å²) in [6.45, 7) is 9.40. The maximum Gasteiger partial charge on any atom is 0.247 e. The summed E-state index contributed by atoms with van der Waals surface area (Å²) in [7, 11) is 1.58. The van der Waals surface area contributed by atoms with Gasteiger partial charge >= 0.3 is 0 Å². The van der Waals surface area contributed by atoms with Crippen LogP contribution in [0.5, 0.6) is 5.75 Å². The molecule has 2 heterocycles. The van der Waals surface area contributed by atoms with Gasteiger partial charge in [0.1, 0.15) is 24.1 Å². The number of nitrogens with one attached hydrogen (secondary N) is 1. The van der Waals surface area contributed by atoms with Gasteiger partial charge in [-0.25, -0.2) is 0 Å². The molecule has 4 rings (SSSR count). The average molecular weight is 531 g/mol. The zero-order valence-electron chi connectivity index (χ0n) is 23.1. The van der Waals surface area contributed by atoms with E-state index in [-0.39, 0.29) is 30.7 Å². The lowest BCUT2D eigenvalue weighted by molar-refractivity contribution is -0.143. The zero-order chi connectivity index (χ0) is 28.2. The fourth-order valence-corrected chi connectivity index (χ4v) is 4.18. The molecule has 2 aromatic heterocycles. The number of methoxy groups -OCH3 is 1. The number of benzene rings is 2. The lowest BCUT2D eigenvalue weighted by Crippen LogP contribution is -2.49. The van der Waals surface area contributed by atoms with Crippen LogP contribution in [0.2, 0.25) is 0 Å². The molecule has 0 saturated carbocycles. The molecule has 1 unspecified atom stereocenters. The lowest BCUT2D eigenvalue weighted by Gasteiger charge is -2.34. The number of hydrogen-bond donors (Lipinski definition) is 1. The second-order valence-electron chi connectivity index (χ2n) is 10.4. The van der Waals surface area contributed by atoms with Crippen LogP contribution in [-0.4, -0.2) is 49.6 Å². The number of carbonyl (C=O) groups is 2. The quantitative estimate of drug-likeness (QED) is 0.344. The Morgan fingerprint density at radius 2 is 1.77 bits per heavy atom. The molecule has 0 spiro atoms. The van der Waals surface area contributed by atoms with Gasteiger partial charge in [-0.2, -0.15) is 4.80 Å². The highest BCUT2D eigenvalue weighted by Crippen LogP contribution is 2.28. The largest absolute Gasteiger partial charge is 0.496 e. The Morgan fingerprint density at radius 3 is 2.41 bits per heavy atom. The van der Waals surface area contributed by atoms with Crippen LogP contribution in [0.3, 0.4) is 0 Å². The molecule has 0 aliphatic heterocycles. The molecule has 0 bridgehead atoms. The minimum Gasteiger partial charge on any atom is -0.496 e. The lowest BCUT2D eigenvalue weighted by atomic mass is 9.99. The number of nitrogens with zero attached hydrogens (tertiary/aromatic N) is 5. The molecular weight excluding hydrogens is 496 g/mol. The molecule has 2 amide bonds. The number of tetrazole rings is 1. The van der Waals surface area contributed by atoms with Crippen LogP contribution in [0.15, 0.2) is 65.1 Å². The van der Waals surface area contributed by atoms with Crippen LogP contribution < -0.4 is 10.1 Å². The summed E-state index contributed by atoms with van der Waals surface area (Å²) < 4.78 is 11.1. The van der Waals surface area contributed by atoms with E-state index in [2.05, 4.69) is 20.7 Å². The summed E-state index contributed by atoms with van der Waals surface area (Å²) in [6.07, 6.45) is 0. The molecule has 0 radical (unpaired) electrons. The van der Waals surface area contributed by atoms with Crippen molar-refractivity contribution in [1.82, 2.24) is 30.4 Å². The van der Waals surface area contributed by atoms with Gasteiger partial charge in [0.05, 0.1) is 13.7 Å². The second kappa shape index (κ2) is 11.5. The van der Waals surface area contributed by atoms with Crippen molar-refractivity contribution in [3.8, 4) is 17.3 Å². The Labute approximate surface area is 228 Å². The third-order valence-corrected chi connectivity index (χ3v) is 6.00. The Bertz CT molecular complexity index is 1430. The molecule has 10 nitrogen and oxygen atoms in total. The molecule has 204 valence electrons. The topological polar surface area (TPSA) is 115 Å². The fourth-order valence-electron chi connectivity index (χ4n) is 4.18. The standard InChI is InChI=1S/C29H34N6O4/c1-19-11-14-21(15-12-19)26(28(37)30-29(3,4)5)34(17-22-9-7-8-10-23(22)38-6)25(36)18-35-32-27(31-33-35)24-16-13-20(2)39-24/h7-16,26H,17-18H2,1-6H3,(H,30,37). The number of para-hydroxylation sites is 1. The first-order chi connectivity index (χ1) is 18.5. The number of ether oxygens (including phenoxy) is 1. The van der Waals surface area contributed by atoms with Crippen molar-refractivity contribution in [1.29, 1.82) is 0 Å². The molecule has 0 aliphatic carbocycles. The van der Waals surface area contributed by atoms with Crippen molar-refractivity contribution >= 4 is 11.8 Å². The van der Waals surface area contributed by atoms with Gasteiger partial charge in [0, 0.05) is 11.1 Å². The maximum atomic E-state index is 14.0. The smallest absolute Gasteiger partial charge is 0.247 e. The van der Waals surface area contributed by atoms with Gasteiger partial charge in [-0.3, -0.25) is 9.59 Å². The maximum absolute atomic E-state index is 14.0. The highest BCUT2D eigenvalue weighted by atomic mass is 16.5. The number of amides is 2. The van der Waals surface area contributed by atoms with Gasteiger partial charge in [-0.1, -0.05) is 48.0 Å². The predicted molar refractivity (Wildman–Crippen MR) is 146 cm³/mol. The van der Waals surface area contributed by atoms with Gasteiger partial charge in [0.25, 0.3) is 0 Å². The van der Waals surface area contributed by atoms with Gasteiger partial charge in [-0.05, 0) is 63.6 Å². The molecular formula is C29H34N6O4. The van der Waals surface area contributed by atoms with E-state index in [1.807, 2.05) is 83.1 Å². The van der Waals surface area contributed by atoms with E-state index in [4.69, 9.17) is 9.15 Å². The van der Waals surface area contributed by atoms with E-state index in [0.29, 0.717) is 22.8 Å². The van der Waals surface area contributed by atoms with Crippen molar-refractivity contribution in [3.63, 3.8) is 0 Å². The van der Waals surface area contributed by atoms with E-state index < -0.39 is 11.6 Å². The third kappa shape index (κ3) is 6.90. The molecule has 0 aliphatic rings. The van der Waals surface area contributed by atoms with Crippen molar-refractivity contribution < 1.29 is 18.7 Å². The molecule has 4 aromatic rings. The van der Waals surface area contributed by atoms with Crippen LogP contribution in [0.25, 0.3) is 11.6 Å². The SMILES string of the molecule is COc1ccccc1CN(C(=O)Cn1nnc(-c2ccc(C)o2)n1)C(C(=O)NC(C)(C)C)c1ccc(C)cc1. The fraction of sp³-hybridized carbons (Fsp3) is 0.345. The first-order valence-electron chi connectivity index (χ1n) is 12.7. The van der Waals surface area contributed by atoms with Crippen molar-refractivity contribution in [2.24, 2.45) is 0 Å². The van der Waals surface area contributed by atoms with Crippen LogP contribution in [0.4, 0.5) is 0 Å². The minimum atomic E-state index is -0.919. The van der Waals surface area contributed by atoms with Gasteiger partial charge in [0.15, 0.2) is 5.76 Å². The van der Waals surface area contributed by atoms with Crippen molar-refractivity contribution in [3.05, 3.63) is 83.1 Å². The van der Waals surface area contributed by atoms with Crippen LogP contribution in [-0.2, 0) is 22.7 Å². The normalized spacial score (nSPS) is 12.2. The number of furan rings is 1. The van der Waals surface area contributed by atoms with E-state index >= 15 is 0 Å². The number of hydrogen-bond acceptors (Lipinski definition) is 7. The summed E-state index contributed by atoms with van der Waals surface area (Å²) in [5.74, 6) is 1.39. The highest BCUT2D eigenvalue weighted by molar-refractivity contribution is 5.89. The molecule has 1 N–H and O–H groups in total. The second-order valence-corrected chi connectivity index (χ2v) is 10.4. The summed E-state index contributed by atoms with van der Waals surface area (Å²) in [5, 5.41) is 15.5. The Balaban J connectivity index is 1.73. The van der Waals surface area contributed by atoms with E-state index in [9.17, 15) is 9.59 Å². The highest BCUT2D eigenvalue weighted by Gasteiger charge is 2.34. The summed E-state index contributed by atoms with van der Waals surface area (Å²) >= 11 is 0. The predicted octanol–water partition coefficient (Wildman–Crippen LogP) is 4.24. The zero-order valence-corrected chi connectivity index (χ0v) is 23.1. The number of rotatable bonds is 9. The number of aromatic nitrogens is 4. The molecule has 2 aromatic carbocycles. The summed E-state index contributed by atoms with van der Waals surface area (Å²) in [5.41, 5.74) is 1.97. The summed E-state index contributed by atoms with van der Waals surface area (Å²) in [4.78, 5) is 30.5. The van der Waals surface area contributed by atoms with E-state index in [0.717, 1.165) is 11.1 Å². The van der Waals surface area contributed by atoms with Gasteiger partial charge in [0.2, 0.25) is 17.6 Å². The molecule has 0 saturated heterocycles. The molecule has 1 atom stereocenters. The third-order valence-electron chi connectivity index (χ3n) is 6.00. The number of aryl methyl sites for hydroxylation is 2. The van der Waals surface area contributed by atoms with E-state index in [1.165, 1.54) is 9.70 Å². The van der Waals surface area contributed by atoms with Gasteiger partial charge in [-0.15, -0.1) is 10.2 Å². The van der Waals surface area contributed by atoms with Crippen LogP contribution >= 0.6 is 0 Å². The summed E-state index contributed by atoms with van der Waals surface area (Å²) in [6, 6.07) is 17.6. The van der Waals surface area contributed by atoms with E-state index in [1.54, 1.807) is 19.2 Å². The Kier molecular flexibility index (Phi) is 8.13. The first kappa shape index (κ1) is 27.6. The number of carbonyl (C=O) groups excluding carboxylic acids is 2. The van der Waals surface area contributed by atoms with Gasteiger partial charge < -0.3 is 19.4 Å². The Morgan fingerprint density at radius 1 is 1.05 bits per heavy atom. The van der Waals surface area contributed by atoms with Crippen LogP contribution in [0, 0.1) is 13.8 Å². The average Bonchev–Trinajstić information content (AvgIpc) is 3.52. The monoisotopic (exact) mass is 530 g/mol. The Hall–Kier alpha value is -4.47.